The fourth-order valence-corrected chi connectivity index (χ4v) is 2.17. The zero-order chi connectivity index (χ0) is 12.3. The van der Waals surface area contributed by atoms with E-state index in [1.165, 1.54) is 0 Å². The number of benzene rings is 1. The average molecular weight is 361 g/mol. The molecule has 2 rings (SSSR count). The number of aromatic nitrogens is 1. The summed E-state index contributed by atoms with van der Waals surface area (Å²) in [7, 11) is 0. The van der Waals surface area contributed by atoms with Crippen LogP contribution in [-0.2, 0) is 6.54 Å². The van der Waals surface area contributed by atoms with E-state index in [2.05, 4.69) is 32.9 Å². The Morgan fingerprint density at radius 1 is 1.41 bits per heavy atom. The van der Waals surface area contributed by atoms with E-state index in [-0.39, 0.29) is 5.91 Å². The number of nitrogens with one attached hydrogen (secondary N) is 2. The maximum Gasteiger partial charge on any atom is 0.252 e. The normalized spacial score (nSPS) is 10.2. The summed E-state index contributed by atoms with van der Waals surface area (Å²) < 4.78 is 0.888. The maximum absolute atomic E-state index is 11.9. The molecule has 0 aliphatic carbocycles. The number of hydrogen-bond acceptors (Lipinski definition) is 1. The Morgan fingerprint density at radius 3 is 2.94 bits per heavy atom. The van der Waals surface area contributed by atoms with Gasteiger partial charge in [-0.15, -0.1) is 0 Å². The van der Waals surface area contributed by atoms with E-state index in [0.717, 1.165) is 9.13 Å². The molecule has 0 atom stereocenters. The Kier molecular flexibility index (Phi) is 4.06. The van der Waals surface area contributed by atoms with E-state index in [4.69, 9.17) is 11.6 Å². The lowest BCUT2D eigenvalue weighted by molar-refractivity contribution is 0.0950. The lowest BCUT2D eigenvalue weighted by atomic mass is 10.2. The van der Waals surface area contributed by atoms with Gasteiger partial charge >= 0.3 is 0 Å². The average Bonchev–Trinajstić information content (AvgIpc) is 2.82. The van der Waals surface area contributed by atoms with E-state index < -0.39 is 0 Å². The molecule has 1 amide bonds. The number of amides is 1. The van der Waals surface area contributed by atoms with Gasteiger partial charge < -0.3 is 10.3 Å². The summed E-state index contributed by atoms with van der Waals surface area (Å²) in [5, 5.41) is 3.41. The van der Waals surface area contributed by atoms with E-state index in [1.807, 2.05) is 24.5 Å². The van der Waals surface area contributed by atoms with Crippen LogP contribution in [0.15, 0.2) is 36.7 Å². The molecule has 0 spiro atoms. The van der Waals surface area contributed by atoms with Gasteiger partial charge in [0.1, 0.15) is 0 Å². The minimum Gasteiger partial charge on any atom is -0.367 e. The van der Waals surface area contributed by atoms with Crippen LogP contribution >= 0.6 is 34.2 Å². The molecular formula is C12H10ClIN2O. The fourth-order valence-electron chi connectivity index (χ4n) is 1.42. The molecule has 0 unspecified atom stereocenters. The Balaban J connectivity index is 2.07. The van der Waals surface area contributed by atoms with E-state index in [0.29, 0.717) is 17.1 Å². The first-order valence-electron chi connectivity index (χ1n) is 5.02. The number of halogens is 2. The third-order valence-corrected chi connectivity index (χ3v) is 3.46. The number of carbonyl (C=O) groups excluding carboxylic acids is 1. The predicted octanol–water partition coefficient (Wildman–Crippen LogP) is 3.20. The Labute approximate surface area is 118 Å². The molecule has 0 saturated heterocycles. The van der Waals surface area contributed by atoms with Crippen LogP contribution in [0.5, 0.6) is 0 Å². The predicted molar refractivity (Wildman–Crippen MR) is 76.1 cm³/mol. The molecule has 17 heavy (non-hydrogen) atoms. The zero-order valence-corrected chi connectivity index (χ0v) is 11.7. The van der Waals surface area contributed by atoms with Crippen LogP contribution in [0.25, 0.3) is 0 Å². The van der Waals surface area contributed by atoms with Gasteiger partial charge in [-0.1, -0.05) is 11.6 Å². The van der Waals surface area contributed by atoms with Crippen molar-refractivity contribution >= 4 is 40.1 Å². The molecule has 1 aromatic heterocycles. The van der Waals surface area contributed by atoms with Crippen molar-refractivity contribution in [3.8, 4) is 0 Å². The highest BCUT2D eigenvalue weighted by molar-refractivity contribution is 14.1. The summed E-state index contributed by atoms with van der Waals surface area (Å²) in [4.78, 5) is 14.9. The maximum atomic E-state index is 11.9. The third-order valence-electron chi connectivity index (χ3n) is 2.29. The molecule has 3 nitrogen and oxygen atoms in total. The highest BCUT2D eigenvalue weighted by Crippen LogP contribution is 2.17. The smallest absolute Gasteiger partial charge is 0.252 e. The Hall–Kier alpha value is -1.01. The van der Waals surface area contributed by atoms with Crippen molar-refractivity contribution in [2.45, 2.75) is 6.54 Å². The monoisotopic (exact) mass is 360 g/mol. The van der Waals surface area contributed by atoms with Gasteiger partial charge in [0, 0.05) is 27.5 Å². The second kappa shape index (κ2) is 5.55. The first-order chi connectivity index (χ1) is 8.16. The molecule has 0 aliphatic rings. The molecule has 1 aromatic carbocycles. The summed E-state index contributed by atoms with van der Waals surface area (Å²) in [6.45, 7) is 0.505. The first-order valence-corrected chi connectivity index (χ1v) is 6.47. The molecule has 0 radical (unpaired) electrons. The SMILES string of the molecule is O=C(NCc1cc[nH]c1)c1cc(Cl)ccc1I. The number of aromatic amines is 1. The quantitative estimate of drug-likeness (QED) is 0.811. The van der Waals surface area contributed by atoms with Gasteiger partial charge in [0.15, 0.2) is 0 Å². The number of rotatable bonds is 3. The van der Waals surface area contributed by atoms with Gasteiger partial charge in [-0.25, -0.2) is 0 Å². The topological polar surface area (TPSA) is 44.9 Å². The highest BCUT2D eigenvalue weighted by atomic mass is 127. The molecule has 0 aliphatic heterocycles. The van der Waals surface area contributed by atoms with Crippen molar-refractivity contribution in [1.29, 1.82) is 0 Å². The van der Waals surface area contributed by atoms with Gasteiger partial charge in [0.2, 0.25) is 0 Å². The number of carbonyl (C=O) groups is 1. The molecule has 2 aromatic rings. The molecule has 1 heterocycles. The number of hydrogen-bond donors (Lipinski definition) is 2. The van der Waals surface area contributed by atoms with Gasteiger partial charge in [0.25, 0.3) is 5.91 Å². The van der Waals surface area contributed by atoms with Crippen molar-refractivity contribution in [1.82, 2.24) is 10.3 Å². The Bertz CT molecular complexity index is 525. The summed E-state index contributed by atoms with van der Waals surface area (Å²) >= 11 is 7.99. The zero-order valence-electron chi connectivity index (χ0n) is 8.84. The molecule has 88 valence electrons. The van der Waals surface area contributed by atoms with Crippen LogP contribution in [0.4, 0.5) is 0 Å². The van der Waals surface area contributed by atoms with Crippen LogP contribution in [0, 0.1) is 3.57 Å². The van der Waals surface area contributed by atoms with E-state index in [1.54, 1.807) is 12.1 Å². The standard InChI is InChI=1S/C12H10ClIN2O/c13-9-1-2-11(14)10(5-9)12(17)16-7-8-3-4-15-6-8/h1-6,15H,7H2,(H,16,17). The van der Waals surface area contributed by atoms with Crippen molar-refractivity contribution < 1.29 is 4.79 Å². The van der Waals surface area contributed by atoms with Crippen molar-refractivity contribution in [3.05, 3.63) is 56.4 Å². The van der Waals surface area contributed by atoms with E-state index >= 15 is 0 Å². The summed E-state index contributed by atoms with van der Waals surface area (Å²) in [5.74, 6) is -0.113. The minimum absolute atomic E-state index is 0.113. The molecule has 5 heteroatoms. The number of H-pyrrole nitrogens is 1. The third kappa shape index (κ3) is 3.23. The second-order valence-electron chi connectivity index (χ2n) is 3.53. The van der Waals surface area contributed by atoms with Crippen LogP contribution in [0.2, 0.25) is 5.02 Å². The molecule has 0 fully saturated rings. The van der Waals surface area contributed by atoms with Gasteiger partial charge in [-0.3, -0.25) is 4.79 Å². The van der Waals surface area contributed by atoms with Crippen LogP contribution in [0.3, 0.4) is 0 Å². The fraction of sp³-hybridized carbons (Fsp3) is 0.0833. The second-order valence-corrected chi connectivity index (χ2v) is 5.12. The summed E-state index contributed by atoms with van der Waals surface area (Å²) in [6.07, 6.45) is 3.67. The van der Waals surface area contributed by atoms with Crippen LogP contribution < -0.4 is 5.32 Å². The Morgan fingerprint density at radius 2 is 2.24 bits per heavy atom. The molecule has 2 N–H and O–H groups in total. The summed E-state index contributed by atoms with van der Waals surface area (Å²) in [5.41, 5.74) is 1.64. The largest absolute Gasteiger partial charge is 0.367 e. The van der Waals surface area contributed by atoms with Gasteiger partial charge in [0.05, 0.1) is 5.56 Å². The lowest BCUT2D eigenvalue weighted by Crippen LogP contribution is -2.23. The minimum atomic E-state index is -0.113. The van der Waals surface area contributed by atoms with Crippen molar-refractivity contribution in [2.24, 2.45) is 0 Å². The van der Waals surface area contributed by atoms with Crippen LogP contribution in [-0.4, -0.2) is 10.9 Å². The molecular weight excluding hydrogens is 351 g/mol. The first kappa shape index (κ1) is 12.4. The van der Waals surface area contributed by atoms with Crippen molar-refractivity contribution in [2.75, 3.05) is 0 Å². The lowest BCUT2D eigenvalue weighted by Gasteiger charge is -2.06. The molecule has 0 saturated carbocycles. The highest BCUT2D eigenvalue weighted by Gasteiger charge is 2.10. The van der Waals surface area contributed by atoms with Gasteiger partial charge in [-0.2, -0.15) is 0 Å². The van der Waals surface area contributed by atoms with E-state index in [9.17, 15) is 4.79 Å². The van der Waals surface area contributed by atoms with Crippen LogP contribution in [0.1, 0.15) is 15.9 Å². The van der Waals surface area contributed by atoms with Gasteiger partial charge in [-0.05, 0) is 52.4 Å². The molecule has 0 bridgehead atoms. The van der Waals surface area contributed by atoms with Crippen molar-refractivity contribution in [3.63, 3.8) is 0 Å². The summed E-state index contributed by atoms with van der Waals surface area (Å²) in [6, 6.07) is 7.19.